The standard InChI is InChI=1S/C23H31F5O5/c1-2-3-4-5-6-7-8-9-10-11-12-32-17(29)14-31-15-18(30)33-13-16-19(24)21(26)23(28)22(27)20(16)25/h2-15H2,1H3. The molecule has 1 rings (SSSR count). The van der Waals surface area contributed by atoms with Crippen LogP contribution in [-0.4, -0.2) is 31.8 Å². The highest BCUT2D eigenvalue weighted by molar-refractivity contribution is 5.73. The summed E-state index contributed by atoms with van der Waals surface area (Å²) >= 11 is 0. The van der Waals surface area contributed by atoms with E-state index >= 15 is 0 Å². The van der Waals surface area contributed by atoms with Crippen molar-refractivity contribution in [1.82, 2.24) is 0 Å². The van der Waals surface area contributed by atoms with E-state index in [4.69, 9.17) is 9.47 Å². The van der Waals surface area contributed by atoms with Gasteiger partial charge in [-0.1, -0.05) is 64.7 Å². The van der Waals surface area contributed by atoms with Gasteiger partial charge in [-0.25, -0.2) is 31.5 Å². The fraction of sp³-hybridized carbons (Fsp3) is 0.652. The Kier molecular flexibility index (Phi) is 14.3. The topological polar surface area (TPSA) is 61.8 Å². The van der Waals surface area contributed by atoms with Crippen LogP contribution in [0.4, 0.5) is 22.0 Å². The second-order valence-electron chi connectivity index (χ2n) is 7.60. The van der Waals surface area contributed by atoms with Gasteiger partial charge < -0.3 is 14.2 Å². The third-order valence-corrected chi connectivity index (χ3v) is 4.88. The summed E-state index contributed by atoms with van der Waals surface area (Å²) in [6.07, 6.45) is 11.4. The van der Waals surface area contributed by atoms with Crippen molar-refractivity contribution in [3.63, 3.8) is 0 Å². The van der Waals surface area contributed by atoms with Crippen molar-refractivity contribution in [2.24, 2.45) is 0 Å². The average molecular weight is 482 g/mol. The predicted molar refractivity (Wildman–Crippen MR) is 110 cm³/mol. The van der Waals surface area contributed by atoms with Crippen molar-refractivity contribution in [1.29, 1.82) is 0 Å². The second kappa shape index (κ2) is 16.4. The molecule has 0 unspecified atom stereocenters. The largest absolute Gasteiger partial charge is 0.464 e. The van der Waals surface area contributed by atoms with Gasteiger partial charge in [0, 0.05) is 0 Å². The minimum absolute atomic E-state index is 0.226. The average Bonchev–Trinajstić information content (AvgIpc) is 2.80. The van der Waals surface area contributed by atoms with Crippen molar-refractivity contribution < 1.29 is 45.8 Å². The van der Waals surface area contributed by atoms with Crippen LogP contribution in [0.25, 0.3) is 0 Å². The van der Waals surface area contributed by atoms with Gasteiger partial charge in [0.05, 0.1) is 12.2 Å². The number of hydrogen-bond acceptors (Lipinski definition) is 5. The molecule has 0 heterocycles. The maximum Gasteiger partial charge on any atom is 0.332 e. The SMILES string of the molecule is CCCCCCCCCCCCOC(=O)COCC(=O)OCc1c(F)c(F)c(F)c(F)c1F. The summed E-state index contributed by atoms with van der Waals surface area (Å²) in [5.74, 6) is -12.6. The van der Waals surface area contributed by atoms with E-state index in [2.05, 4.69) is 11.7 Å². The highest BCUT2D eigenvalue weighted by Crippen LogP contribution is 2.23. The lowest BCUT2D eigenvalue weighted by Gasteiger charge is -2.09. The van der Waals surface area contributed by atoms with Crippen LogP contribution < -0.4 is 0 Å². The predicted octanol–water partition coefficient (Wildman–Crippen LogP) is 5.91. The van der Waals surface area contributed by atoms with Gasteiger partial charge in [-0.3, -0.25) is 0 Å². The van der Waals surface area contributed by atoms with Gasteiger partial charge in [-0.2, -0.15) is 0 Å². The minimum atomic E-state index is -2.31. The summed E-state index contributed by atoms with van der Waals surface area (Å²) < 4.78 is 80.3. The van der Waals surface area contributed by atoms with Gasteiger partial charge in [0.15, 0.2) is 23.3 Å². The maximum absolute atomic E-state index is 13.5. The Balaban J connectivity index is 2.11. The first-order chi connectivity index (χ1) is 15.8. The normalized spacial score (nSPS) is 11.0. The zero-order chi connectivity index (χ0) is 24.6. The Bertz CT molecular complexity index is 728. The van der Waals surface area contributed by atoms with Crippen molar-refractivity contribution in [2.75, 3.05) is 19.8 Å². The van der Waals surface area contributed by atoms with Crippen LogP contribution in [0, 0.1) is 29.1 Å². The third kappa shape index (κ3) is 11.0. The number of carbonyl (C=O) groups is 2. The number of hydrogen-bond donors (Lipinski definition) is 0. The molecule has 0 N–H and O–H groups in total. The maximum atomic E-state index is 13.5. The molecule has 5 nitrogen and oxygen atoms in total. The van der Waals surface area contributed by atoms with Crippen LogP contribution in [-0.2, 0) is 30.4 Å². The van der Waals surface area contributed by atoms with Crippen LogP contribution >= 0.6 is 0 Å². The molecule has 0 aliphatic rings. The number of halogens is 5. The highest BCUT2D eigenvalue weighted by atomic mass is 19.2. The molecule has 10 heteroatoms. The van der Waals surface area contributed by atoms with Crippen molar-refractivity contribution in [3.8, 4) is 0 Å². The lowest BCUT2D eigenvalue weighted by atomic mass is 10.1. The Hall–Kier alpha value is -2.23. The summed E-state index contributed by atoms with van der Waals surface area (Å²) in [6, 6.07) is 0. The van der Waals surface area contributed by atoms with Crippen LogP contribution in [0.15, 0.2) is 0 Å². The molecule has 0 atom stereocenters. The number of esters is 2. The van der Waals surface area contributed by atoms with Gasteiger partial charge in [-0.15, -0.1) is 0 Å². The molecule has 0 bridgehead atoms. The molecule has 0 saturated carbocycles. The molecule has 0 aliphatic heterocycles. The third-order valence-electron chi connectivity index (χ3n) is 4.88. The van der Waals surface area contributed by atoms with Crippen molar-refractivity contribution in [2.45, 2.75) is 77.7 Å². The Morgan fingerprint density at radius 2 is 1.03 bits per heavy atom. The lowest BCUT2D eigenvalue weighted by Crippen LogP contribution is -2.19. The van der Waals surface area contributed by atoms with Crippen molar-refractivity contribution >= 4 is 11.9 Å². The number of carbonyl (C=O) groups excluding carboxylic acids is 2. The summed E-state index contributed by atoms with van der Waals surface area (Å²) in [7, 11) is 0. The molecule has 0 aliphatic carbocycles. The van der Waals surface area contributed by atoms with E-state index in [1.807, 2.05) is 0 Å². The zero-order valence-corrected chi connectivity index (χ0v) is 18.8. The summed E-state index contributed by atoms with van der Waals surface area (Å²) in [6.45, 7) is -0.0789. The molecule has 0 radical (unpaired) electrons. The van der Waals surface area contributed by atoms with E-state index < -0.39 is 66.4 Å². The number of unbranched alkanes of at least 4 members (excludes halogenated alkanes) is 9. The van der Waals surface area contributed by atoms with Crippen LogP contribution in [0.1, 0.15) is 76.7 Å². The number of rotatable bonds is 17. The van der Waals surface area contributed by atoms with Gasteiger partial charge >= 0.3 is 11.9 Å². The van der Waals surface area contributed by atoms with E-state index in [1.165, 1.54) is 38.5 Å². The van der Waals surface area contributed by atoms with Gasteiger partial charge in [0.25, 0.3) is 0 Å². The van der Waals surface area contributed by atoms with E-state index in [1.54, 1.807) is 0 Å². The first kappa shape index (κ1) is 28.8. The van der Waals surface area contributed by atoms with Crippen LogP contribution in [0.5, 0.6) is 0 Å². The number of benzene rings is 1. The molecule has 1 aromatic carbocycles. The number of ether oxygens (including phenoxy) is 3. The molecule has 33 heavy (non-hydrogen) atoms. The fourth-order valence-electron chi connectivity index (χ4n) is 3.01. The van der Waals surface area contributed by atoms with E-state index in [0.717, 1.165) is 19.3 Å². The second-order valence-corrected chi connectivity index (χ2v) is 7.60. The highest BCUT2D eigenvalue weighted by Gasteiger charge is 2.26. The molecule has 1 aromatic rings. The summed E-state index contributed by atoms with van der Waals surface area (Å²) in [5, 5.41) is 0. The fourth-order valence-corrected chi connectivity index (χ4v) is 3.01. The molecule has 0 spiro atoms. The molecular weight excluding hydrogens is 451 g/mol. The van der Waals surface area contributed by atoms with Crippen LogP contribution in [0.2, 0.25) is 0 Å². The first-order valence-corrected chi connectivity index (χ1v) is 11.2. The molecule has 188 valence electrons. The minimum Gasteiger partial charge on any atom is -0.464 e. The van der Waals surface area contributed by atoms with Gasteiger partial charge in [0.2, 0.25) is 5.82 Å². The first-order valence-electron chi connectivity index (χ1n) is 11.2. The van der Waals surface area contributed by atoms with Gasteiger partial charge in [-0.05, 0) is 6.42 Å². The monoisotopic (exact) mass is 482 g/mol. The van der Waals surface area contributed by atoms with Crippen molar-refractivity contribution in [3.05, 3.63) is 34.6 Å². The van der Waals surface area contributed by atoms with E-state index in [9.17, 15) is 31.5 Å². The van der Waals surface area contributed by atoms with Gasteiger partial charge in [0.1, 0.15) is 19.8 Å². The molecular formula is C23H31F5O5. The molecule has 0 fully saturated rings. The summed E-state index contributed by atoms with van der Waals surface area (Å²) in [5.41, 5.74) is -1.28. The quantitative estimate of drug-likeness (QED) is 0.0909. The summed E-state index contributed by atoms with van der Waals surface area (Å²) in [4.78, 5) is 23.1. The Morgan fingerprint density at radius 1 is 0.606 bits per heavy atom. The van der Waals surface area contributed by atoms with E-state index in [0.29, 0.717) is 6.42 Å². The zero-order valence-electron chi connectivity index (χ0n) is 18.8. The van der Waals surface area contributed by atoms with E-state index in [-0.39, 0.29) is 6.61 Å². The molecule has 0 aromatic heterocycles. The Morgan fingerprint density at radius 3 is 1.55 bits per heavy atom. The Labute approximate surface area is 190 Å². The van der Waals surface area contributed by atoms with Crippen LogP contribution in [0.3, 0.4) is 0 Å². The smallest absolute Gasteiger partial charge is 0.332 e. The lowest BCUT2D eigenvalue weighted by molar-refractivity contribution is -0.156. The molecule has 0 amide bonds. The molecule has 0 saturated heterocycles.